The number of nitrogen functional groups attached to an aromatic ring is 1. The average Bonchev–Trinajstić information content (AvgIpc) is 2.58. The molecule has 10 heteroatoms. The summed E-state index contributed by atoms with van der Waals surface area (Å²) in [5.41, 5.74) is 5.75. The van der Waals surface area contributed by atoms with Crippen LogP contribution in [0.25, 0.3) is 0 Å². The van der Waals surface area contributed by atoms with Gasteiger partial charge in [-0.25, -0.2) is 14.8 Å². The van der Waals surface area contributed by atoms with Crippen LogP contribution in [0.4, 0.5) is 5.82 Å². The minimum atomic E-state index is -0.608. The largest absolute Gasteiger partial charge is 0.462 e. The van der Waals surface area contributed by atoms with E-state index in [1.54, 1.807) is 6.92 Å². The molecule has 0 unspecified atom stereocenters. The van der Waals surface area contributed by atoms with Gasteiger partial charge in [0.2, 0.25) is 0 Å². The lowest BCUT2D eigenvalue weighted by Crippen LogP contribution is -2.35. The molecule has 1 aromatic heterocycles. The number of hydrogen-bond acceptors (Lipinski definition) is 9. The first-order chi connectivity index (χ1) is 11.9. The number of nitrogens with two attached hydrogens (primary N) is 1. The van der Waals surface area contributed by atoms with E-state index < -0.39 is 11.9 Å². The van der Waals surface area contributed by atoms with Gasteiger partial charge in [-0.2, -0.15) is 0 Å². The minimum absolute atomic E-state index is 0.0230. The highest BCUT2D eigenvalue weighted by atomic mass is 32.2. The number of thioether (sulfide) groups is 1. The summed E-state index contributed by atoms with van der Waals surface area (Å²) in [7, 11) is 0. The Morgan fingerprint density at radius 1 is 1.32 bits per heavy atom. The summed E-state index contributed by atoms with van der Waals surface area (Å²) < 4.78 is 9.68. The van der Waals surface area contributed by atoms with Gasteiger partial charge in [-0.3, -0.25) is 9.59 Å². The van der Waals surface area contributed by atoms with Crippen molar-refractivity contribution >= 4 is 35.4 Å². The van der Waals surface area contributed by atoms with Gasteiger partial charge in [0.1, 0.15) is 11.4 Å². The Kier molecular flexibility index (Phi) is 8.68. The Hall–Kier alpha value is -2.36. The molecular formula is C15H22N4O5S. The summed E-state index contributed by atoms with van der Waals surface area (Å²) in [5.74, 6) is -1.66. The van der Waals surface area contributed by atoms with Gasteiger partial charge in [0.25, 0.3) is 5.91 Å². The molecule has 0 bridgehead atoms. The third-order valence-electron chi connectivity index (χ3n) is 2.99. The van der Waals surface area contributed by atoms with Crippen molar-refractivity contribution in [3.63, 3.8) is 0 Å². The van der Waals surface area contributed by atoms with Gasteiger partial charge in [-0.1, -0.05) is 18.7 Å². The van der Waals surface area contributed by atoms with Crippen molar-refractivity contribution in [3.8, 4) is 0 Å². The van der Waals surface area contributed by atoms with Gasteiger partial charge in [-0.05, 0) is 20.3 Å². The average molecular weight is 370 g/mol. The second-order valence-electron chi connectivity index (χ2n) is 5.00. The molecule has 1 heterocycles. The molecule has 9 nitrogen and oxygen atoms in total. The zero-order valence-corrected chi connectivity index (χ0v) is 15.2. The van der Waals surface area contributed by atoms with Crippen LogP contribution in [0.5, 0.6) is 0 Å². The normalized spacial score (nSPS) is 11.5. The summed E-state index contributed by atoms with van der Waals surface area (Å²) in [6, 6.07) is 0.0230. The van der Waals surface area contributed by atoms with Crippen molar-refractivity contribution in [2.24, 2.45) is 0 Å². The van der Waals surface area contributed by atoms with E-state index in [-0.39, 0.29) is 47.5 Å². The van der Waals surface area contributed by atoms with Crippen molar-refractivity contribution in [2.75, 3.05) is 24.7 Å². The van der Waals surface area contributed by atoms with Crippen LogP contribution in [-0.4, -0.2) is 52.8 Å². The standard InChI is InChI=1S/C15H22N4O5S/c1-4-9(3)18-11(20)7-24-12(21)8-25-15-17-6-10(13(16)19-15)14(22)23-5-2/h6,9H,4-5,7-8H2,1-3H3,(H,18,20)(H2,16,17,19)/t9-/m1/s1. The zero-order valence-electron chi connectivity index (χ0n) is 14.4. The number of amides is 1. The molecule has 138 valence electrons. The fraction of sp³-hybridized carbons (Fsp3) is 0.533. The van der Waals surface area contributed by atoms with E-state index in [0.29, 0.717) is 0 Å². The number of rotatable bonds is 9. The highest BCUT2D eigenvalue weighted by Crippen LogP contribution is 2.17. The van der Waals surface area contributed by atoms with Crippen molar-refractivity contribution < 1.29 is 23.9 Å². The molecule has 3 N–H and O–H groups in total. The molecule has 1 rings (SSSR count). The maximum atomic E-state index is 11.6. The van der Waals surface area contributed by atoms with E-state index in [2.05, 4.69) is 15.3 Å². The van der Waals surface area contributed by atoms with Crippen LogP contribution < -0.4 is 11.1 Å². The third kappa shape index (κ3) is 7.38. The summed E-state index contributed by atoms with van der Waals surface area (Å²) in [6.07, 6.45) is 2.03. The highest BCUT2D eigenvalue weighted by molar-refractivity contribution is 7.99. The Bertz CT molecular complexity index is 626. The summed E-state index contributed by atoms with van der Waals surface area (Å²) in [6.45, 7) is 5.34. The molecule has 0 fully saturated rings. The molecular weight excluding hydrogens is 348 g/mol. The monoisotopic (exact) mass is 370 g/mol. The van der Waals surface area contributed by atoms with Crippen molar-refractivity contribution in [2.45, 2.75) is 38.4 Å². The van der Waals surface area contributed by atoms with Crippen molar-refractivity contribution in [3.05, 3.63) is 11.8 Å². The molecule has 1 amide bonds. The number of esters is 2. The van der Waals surface area contributed by atoms with E-state index >= 15 is 0 Å². The molecule has 1 aromatic rings. The lowest BCUT2D eigenvalue weighted by Gasteiger charge is -2.11. The van der Waals surface area contributed by atoms with Gasteiger partial charge in [0.15, 0.2) is 11.8 Å². The van der Waals surface area contributed by atoms with E-state index in [1.807, 2.05) is 13.8 Å². The molecule has 25 heavy (non-hydrogen) atoms. The number of nitrogens with zero attached hydrogens (tertiary/aromatic N) is 2. The highest BCUT2D eigenvalue weighted by Gasteiger charge is 2.15. The Morgan fingerprint density at radius 2 is 2.04 bits per heavy atom. The zero-order chi connectivity index (χ0) is 18.8. The first-order valence-electron chi connectivity index (χ1n) is 7.74. The van der Waals surface area contributed by atoms with Crippen LogP contribution in [0.1, 0.15) is 37.6 Å². The van der Waals surface area contributed by atoms with Crippen LogP contribution in [0.3, 0.4) is 0 Å². The summed E-state index contributed by atoms with van der Waals surface area (Å²) in [5, 5.41) is 2.90. The van der Waals surface area contributed by atoms with Crippen LogP contribution in [0, 0.1) is 0 Å². The molecule has 0 aromatic carbocycles. The van der Waals surface area contributed by atoms with Gasteiger partial charge in [0.05, 0.1) is 12.4 Å². The summed E-state index contributed by atoms with van der Waals surface area (Å²) >= 11 is 0.986. The third-order valence-corrected chi connectivity index (χ3v) is 3.83. The number of nitrogens with one attached hydrogen (secondary N) is 1. The van der Waals surface area contributed by atoms with E-state index in [4.69, 9.17) is 15.2 Å². The number of ether oxygens (including phenoxy) is 2. The van der Waals surface area contributed by atoms with E-state index in [1.165, 1.54) is 6.20 Å². The van der Waals surface area contributed by atoms with Crippen LogP contribution >= 0.6 is 11.8 Å². The predicted molar refractivity (Wildman–Crippen MR) is 92.0 cm³/mol. The maximum Gasteiger partial charge on any atom is 0.343 e. The van der Waals surface area contributed by atoms with Gasteiger partial charge < -0.3 is 20.5 Å². The number of anilines is 1. The topological polar surface area (TPSA) is 134 Å². The number of carbonyl (C=O) groups is 3. The second-order valence-corrected chi connectivity index (χ2v) is 5.94. The first kappa shape index (κ1) is 20.7. The van der Waals surface area contributed by atoms with Crippen LogP contribution in [-0.2, 0) is 19.1 Å². The smallest absolute Gasteiger partial charge is 0.343 e. The quantitative estimate of drug-likeness (QED) is 0.367. The lowest BCUT2D eigenvalue weighted by atomic mass is 10.2. The van der Waals surface area contributed by atoms with Gasteiger partial charge >= 0.3 is 11.9 Å². The Balaban J connectivity index is 2.44. The van der Waals surface area contributed by atoms with E-state index in [9.17, 15) is 14.4 Å². The number of hydrogen-bond donors (Lipinski definition) is 2. The van der Waals surface area contributed by atoms with E-state index in [0.717, 1.165) is 18.2 Å². The fourth-order valence-electron chi connectivity index (χ4n) is 1.54. The lowest BCUT2D eigenvalue weighted by molar-refractivity contribution is -0.146. The number of carbonyl (C=O) groups excluding carboxylic acids is 3. The first-order valence-corrected chi connectivity index (χ1v) is 8.73. The van der Waals surface area contributed by atoms with Gasteiger partial charge in [-0.15, -0.1) is 0 Å². The van der Waals surface area contributed by atoms with Gasteiger partial charge in [0, 0.05) is 12.2 Å². The second kappa shape index (κ2) is 10.5. The van der Waals surface area contributed by atoms with Crippen LogP contribution in [0.15, 0.2) is 11.4 Å². The Morgan fingerprint density at radius 3 is 2.64 bits per heavy atom. The minimum Gasteiger partial charge on any atom is -0.462 e. The molecule has 0 aliphatic carbocycles. The molecule has 0 spiro atoms. The molecule has 0 saturated heterocycles. The molecule has 0 aliphatic rings. The number of aromatic nitrogens is 2. The maximum absolute atomic E-state index is 11.6. The summed E-state index contributed by atoms with van der Waals surface area (Å²) in [4.78, 5) is 42.6. The fourth-order valence-corrected chi connectivity index (χ4v) is 2.16. The van der Waals surface area contributed by atoms with Crippen molar-refractivity contribution in [1.29, 1.82) is 0 Å². The SMILES string of the molecule is CCOC(=O)c1cnc(SCC(=O)OCC(=O)N[C@H](C)CC)nc1N. The Labute approximate surface area is 150 Å². The van der Waals surface area contributed by atoms with Crippen LogP contribution in [0.2, 0.25) is 0 Å². The molecule has 1 atom stereocenters. The molecule has 0 saturated carbocycles. The molecule has 0 aliphatic heterocycles. The molecule has 0 radical (unpaired) electrons. The predicted octanol–water partition coefficient (Wildman–Crippen LogP) is 0.785. The van der Waals surface area contributed by atoms with Crippen molar-refractivity contribution in [1.82, 2.24) is 15.3 Å².